The van der Waals surface area contributed by atoms with Crippen LogP contribution in [-0.4, -0.2) is 57.2 Å². The third-order valence-electron chi connectivity index (χ3n) is 4.53. The normalized spacial score (nSPS) is 15.9. The van der Waals surface area contributed by atoms with Gasteiger partial charge in [0.2, 0.25) is 0 Å². The predicted octanol–water partition coefficient (Wildman–Crippen LogP) is 1.94. The van der Waals surface area contributed by atoms with Crippen LogP contribution in [-0.2, 0) is 0 Å². The summed E-state index contributed by atoms with van der Waals surface area (Å²) in [6.07, 6.45) is 8.09. The summed E-state index contributed by atoms with van der Waals surface area (Å²) in [6, 6.07) is 12.3. The van der Waals surface area contributed by atoms with Gasteiger partial charge in [-0.25, -0.2) is 4.98 Å². The molecule has 1 saturated heterocycles. The van der Waals surface area contributed by atoms with Crippen molar-refractivity contribution < 1.29 is 0 Å². The van der Waals surface area contributed by atoms with Gasteiger partial charge in [0.25, 0.3) is 5.78 Å². The molecule has 0 spiro atoms. The van der Waals surface area contributed by atoms with Crippen LogP contribution in [0.15, 0.2) is 42.7 Å². The monoisotopic (exact) mass is 332 g/mol. The standard InChI is InChI=1S/C19H20N6/c1-2-9-23-10-6-11-24(13-12-23)18-14-17(16-7-4-3-5-8-16)22-19-20-15-21-25(18)19/h1,3-5,7-8,14-15H,6,9-13H2. The van der Waals surface area contributed by atoms with Crippen molar-refractivity contribution in [3.63, 3.8) is 0 Å². The number of hydrogen-bond acceptors (Lipinski definition) is 5. The van der Waals surface area contributed by atoms with Crippen LogP contribution in [0.2, 0.25) is 0 Å². The summed E-state index contributed by atoms with van der Waals surface area (Å²) in [5.41, 5.74) is 2.00. The molecule has 126 valence electrons. The molecule has 6 nitrogen and oxygen atoms in total. The molecular weight excluding hydrogens is 312 g/mol. The lowest BCUT2D eigenvalue weighted by molar-refractivity contribution is 0.330. The van der Waals surface area contributed by atoms with Gasteiger partial charge in [-0.1, -0.05) is 36.3 Å². The van der Waals surface area contributed by atoms with E-state index in [1.165, 1.54) is 0 Å². The maximum absolute atomic E-state index is 5.47. The van der Waals surface area contributed by atoms with Gasteiger partial charge in [-0.05, 0) is 6.42 Å². The highest BCUT2D eigenvalue weighted by Gasteiger charge is 2.19. The Kier molecular flexibility index (Phi) is 4.32. The summed E-state index contributed by atoms with van der Waals surface area (Å²) in [7, 11) is 0. The number of rotatable bonds is 3. The van der Waals surface area contributed by atoms with Crippen molar-refractivity contribution in [3.8, 4) is 23.6 Å². The van der Waals surface area contributed by atoms with Crippen LogP contribution < -0.4 is 4.90 Å². The van der Waals surface area contributed by atoms with E-state index in [9.17, 15) is 0 Å². The van der Waals surface area contributed by atoms with E-state index in [4.69, 9.17) is 6.42 Å². The summed E-state index contributed by atoms with van der Waals surface area (Å²) < 4.78 is 1.82. The lowest BCUT2D eigenvalue weighted by atomic mass is 10.1. The van der Waals surface area contributed by atoms with E-state index in [1.807, 2.05) is 22.7 Å². The van der Waals surface area contributed by atoms with E-state index in [0.29, 0.717) is 12.3 Å². The first-order valence-electron chi connectivity index (χ1n) is 8.52. The summed E-state index contributed by atoms with van der Waals surface area (Å²) in [5, 5.41) is 4.37. The molecule has 0 atom stereocenters. The van der Waals surface area contributed by atoms with E-state index in [-0.39, 0.29) is 0 Å². The second-order valence-corrected chi connectivity index (χ2v) is 6.16. The van der Waals surface area contributed by atoms with Gasteiger partial charge >= 0.3 is 0 Å². The smallest absolute Gasteiger partial charge is 0.254 e. The van der Waals surface area contributed by atoms with Crippen molar-refractivity contribution in [2.45, 2.75) is 6.42 Å². The minimum Gasteiger partial charge on any atom is -0.355 e. The van der Waals surface area contributed by atoms with Gasteiger partial charge in [0.05, 0.1) is 12.2 Å². The fourth-order valence-corrected chi connectivity index (χ4v) is 3.27. The van der Waals surface area contributed by atoms with E-state index < -0.39 is 0 Å². The molecule has 0 aliphatic carbocycles. The van der Waals surface area contributed by atoms with Crippen molar-refractivity contribution in [3.05, 3.63) is 42.7 Å². The molecule has 0 unspecified atom stereocenters. The van der Waals surface area contributed by atoms with Crippen LogP contribution in [0.4, 0.5) is 5.82 Å². The number of anilines is 1. The predicted molar refractivity (Wildman–Crippen MR) is 98.3 cm³/mol. The molecule has 4 rings (SSSR count). The largest absolute Gasteiger partial charge is 0.355 e. The van der Waals surface area contributed by atoms with Gasteiger partial charge < -0.3 is 4.90 Å². The highest BCUT2D eigenvalue weighted by atomic mass is 15.4. The molecule has 1 aliphatic heterocycles. The van der Waals surface area contributed by atoms with Crippen molar-refractivity contribution >= 4 is 11.6 Å². The first-order chi connectivity index (χ1) is 12.3. The average Bonchev–Trinajstić information content (AvgIpc) is 3.01. The van der Waals surface area contributed by atoms with Crippen LogP contribution in [0.1, 0.15) is 6.42 Å². The average molecular weight is 332 g/mol. The number of benzene rings is 1. The van der Waals surface area contributed by atoms with Crippen molar-refractivity contribution in [2.24, 2.45) is 0 Å². The van der Waals surface area contributed by atoms with Gasteiger partial charge in [-0.15, -0.1) is 6.42 Å². The molecule has 0 bridgehead atoms. The number of hydrogen-bond donors (Lipinski definition) is 0. The lowest BCUT2D eigenvalue weighted by Gasteiger charge is -2.23. The quantitative estimate of drug-likeness (QED) is 0.686. The van der Waals surface area contributed by atoms with Gasteiger partial charge in [-0.2, -0.15) is 14.6 Å². The van der Waals surface area contributed by atoms with Crippen LogP contribution in [0, 0.1) is 12.3 Å². The fourth-order valence-electron chi connectivity index (χ4n) is 3.27. The summed E-state index contributed by atoms with van der Waals surface area (Å²) in [5.74, 6) is 4.40. The third-order valence-corrected chi connectivity index (χ3v) is 4.53. The molecule has 25 heavy (non-hydrogen) atoms. The highest BCUT2D eigenvalue weighted by Crippen LogP contribution is 2.24. The zero-order valence-electron chi connectivity index (χ0n) is 14.0. The summed E-state index contributed by atoms with van der Waals surface area (Å²) >= 11 is 0. The first kappa shape index (κ1) is 15.6. The number of terminal acetylenes is 1. The van der Waals surface area contributed by atoms with Crippen LogP contribution >= 0.6 is 0 Å². The van der Waals surface area contributed by atoms with E-state index >= 15 is 0 Å². The van der Waals surface area contributed by atoms with Crippen LogP contribution in [0.5, 0.6) is 0 Å². The molecule has 0 saturated carbocycles. The fraction of sp³-hybridized carbons (Fsp3) is 0.316. The number of nitrogens with zero attached hydrogens (tertiary/aromatic N) is 6. The van der Waals surface area contributed by atoms with Crippen LogP contribution in [0.25, 0.3) is 17.0 Å². The molecule has 1 fully saturated rings. The summed E-state index contributed by atoms with van der Waals surface area (Å²) in [4.78, 5) is 13.6. The Labute approximate surface area is 147 Å². The van der Waals surface area contributed by atoms with Gasteiger partial charge in [0.1, 0.15) is 12.1 Å². The first-order valence-corrected chi connectivity index (χ1v) is 8.52. The van der Waals surface area contributed by atoms with Gasteiger partial charge in [0, 0.05) is 37.8 Å². The minimum absolute atomic E-state index is 0.626. The number of fused-ring (bicyclic) bond motifs is 1. The maximum atomic E-state index is 5.47. The molecule has 2 aromatic heterocycles. The summed E-state index contributed by atoms with van der Waals surface area (Å²) in [6.45, 7) is 4.56. The second-order valence-electron chi connectivity index (χ2n) is 6.16. The van der Waals surface area contributed by atoms with E-state index in [0.717, 1.165) is 49.7 Å². The Bertz CT molecular complexity index is 895. The SMILES string of the molecule is C#CCN1CCCN(c2cc(-c3ccccc3)nc3ncnn23)CC1. The van der Waals surface area contributed by atoms with Crippen LogP contribution in [0.3, 0.4) is 0 Å². The highest BCUT2D eigenvalue weighted by molar-refractivity contribution is 5.65. The van der Waals surface area contributed by atoms with Gasteiger partial charge in [0.15, 0.2) is 0 Å². The molecular formula is C19H20N6. The van der Waals surface area contributed by atoms with Crippen molar-refractivity contribution in [1.82, 2.24) is 24.5 Å². The minimum atomic E-state index is 0.626. The Morgan fingerprint density at radius 1 is 1.08 bits per heavy atom. The molecule has 0 N–H and O–H groups in total. The zero-order chi connectivity index (χ0) is 17.1. The lowest BCUT2D eigenvalue weighted by Crippen LogP contribution is -2.32. The second kappa shape index (κ2) is 6.91. The van der Waals surface area contributed by atoms with E-state index in [1.54, 1.807) is 6.33 Å². The number of aromatic nitrogens is 4. The van der Waals surface area contributed by atoms with E-state index in [2.05, 4.69) is 49.0 Å². The molecule has 3 aromatic rings. The molecule has 3 heterocycles. The molecule has 1 aliphatic rings. The zero-order valence-corrected chi connectivity index (χ0v) is 14.0. The Balaban J connectivity index is 1.71. The maximum Gasteiger partial charge on any atom is 0.254 e. The Morgan fingerprint density at radius 2 is 1.96 bits per heavy atom. The third kappa shape index (κ3) is 3.19. The molecule has 1 aromatic carbocycles. The topological polar surface area (TPSA) is 49.6 Å². The molecule has 6 heteroatoms. The molecule has 0 radical (unpaired) electrons. The molecule has 0 amide bonds. The Morgan fingerprint density at radius 3 is 2.80 bits per heavy atom. The van der Waals surface area contributed by atoms with Crippen molar-refractivity contribution in [2.75, 3.05) is 37.6 Å². The Hall–Kier alpha value is -2.91. The van der Waals surface area contributed by atoms with Crippen molar-refractivity contribution in [1.29, 1.82) is 0 Å². The van der Waals surface area contributed by atoms with Gasteiger partial charge in [-0.3, -0.25) is 4.90 Å².